The standard InChI is InChI=1S/C31H38N2O8/c1-20(2)8-7-9-21(3)14-15-41-19-29(35)33(4)25-18-23(11-12-24(25)31(37)38)32-28(34)13-10-22-16-26(39-5)30(36)27(17-22)40-6/h8,10-14,16-18,36H,7,9,15,19H2,1-6H3,(H,32,34)(H,37,38). The molecule has 41 heavy (non-hydrogen) atoms. The summed E-state index contributed by atoms with van der Waals surface area (Å²) in [7, 11) is 4.24. The van der Waals surface area contributed by atoms with Crippen molar-refractivity contribution in [1.82, 2.24) is 0 Å². The second-order valence-corrected chi connectivity index (χ2v) is 9.47. The molecule has 2 aromatic rings. The summed E-state index contributed by atoms with van der Waals surface area (Å²) in [4.78, 5) is 38.4. The van der Waals surface area contributed by atoms with Gasteiger partial charge in [0, 0.05) is 18.8 Å². The highest BCUT2D eigenvalue weighted by Crippen LogP contribution is 2.37. The van der Waals surface area contributed by atoms with Gasteiger partial charge in [0.1, 0.15) is 6.61 Å². The minimum Gasteiger partial charge on any atom is -0.502 e. The average Bonchev–Trinajstić information content (AvgIpc) is 2.93. The molecule has 220 valence electrons. The number of carboxylic acids is 1. The number of hydrogen-bond donors (Lipinski definition) is 3. The van der Waals surface area contributed by atoms with Crippen molar-refractivity contribution in [2.45, 2.75) is 33.6 Å². The molecule has 0 saturated heterocycles. The molecule has 0 bridgehead atoms. The van der Waals surface area contributed by atoms with Crippen molar-refractivity contribution in [3.05, 3.63) is 70.8 Å². The van der Waals surface area contributed by atoms with Gasteiger partial charge in [-0.15, -0.1) is 0 Å². The van der Waals surface area contributed by atoms with Gasteiger partial charge in [0.15, 0.2) is 11.5 Å². The maximum absolute atomic E-state index is 12.8. The molecule has 0 spiro atoms. The van der Waals surface area contributed by atoms with Crippen LogP contribution in [0.4, 0.5) is 11.4 Å². The van der Waals surface area contributed by atoms with Gasteiger partial charge in [-0.2, -0.15) is 0 Å². The van der Waals surface area contributed by atoms with Gasteiger partial charge in [0.05, 0.1) is 32.1 Å². The van der Waals surface area contributed by atoms with Crippen LogP contribution < -0.4 is 19.7 Å². The van der Waals surface area contributed by atoms with Gasteiger partial charge >= 0.3 is 5.97 Å². The van der Waals surface area contributed by atoms with E-state index < -0.39 is 17.8 Å². The van der Waals surface area contributed by atoms with Crippen molar-refractivity contribution in [3.8, 4) is 17.2 Å². The highest BCUT2D eigenvalue weighted by molar-refractivity contribution is 6.05. The molecule has 0 aliphatic heterocycles. The van der Waals surface area contributed by atoms with Crippen LogP contribution in [0.5, 0.6) is 17.2 Å². The van der Waals surface area contributed by atoms with Crippen LogP contribution >= 0.6 is 0 Å². The summed E-state index contributed by atoms with van der Waals surface area (Å²) in [6, 6.07) is 7.23. The molecule has 0 aliphatic carbocycles. The summed E-state index contributed by atoms with van der Waals surface area (Å²) in [5.74, 6) is -1.96. The molecule has 0 radical (unpaired) electrons. The number of amides is 2. The SMILES string of the molecule is COc1cc(C=CC(=O)Nc2ccc(C(=O)O)c(N(C)C(=O)COCC=C(C)CCC=C(C)C)c2)cc(OC)c1O. The molecule has 0 saturated carbocycles. The number of carbonyl (C=O) groups is 3. The van der Waals surface area contributed by atoms with Crippen molar-refractivity contribution in [3.63, 3.8) is 0 Å². The van der Waals surface area contributed by atoms with E-state index >= 15 is 0 Å². The number of allylic oxidation sites excluding steroid dienone is 3. The quantitative estimate of drug-likeness (QED) is 0.157. The topological polar surface area (TPSA) is 135 Å². The van der Waals surface area contributed by atoms with Crippen molar-refractivity contribution in [2.24, 2.45) is 0 Å². The lowest BCUT2D eigenvalue weighted by Crippen LogP contribution is -2.31. The number of aromatic carboxylic acids is 1. The number of anilines is 2. The highest BCUT2D eigenvalue weighted by Gasteiger charge is 2.19. The summed E-state index contributed by atoms with van der Waals surface area (Å²) in [5, 5.41) is 22.4. The van der Waals surface area contributed by atoms with Crippen LogP contribution in [-0.2, 0) is 14.3 Å². The number of rotatable bonds is 14. The number of methoxy groups -OCH3 is 2. The van der Waals surface area contributed by atoms with Gasteiger partial charge in [-0.3, -0.25) is 9.59 Å². The van der Waals surface area contributed by atoms with E-state index in [2.05, 4.69) is 25.2 Å². The number of carboxylic acid groups (broad SMARTS) is 1. The van der Waals surface area contributed by atoms with E-state index in [0.29, 0.717) is 5.56 Å². The van der Waals surface area contributed by atoms with E-state index in [0.717, 1.165) is 18.4 Å². The molecule has 3 N–H and O–H groups in total. The fourth-order valence-corrected chi connectivity index (χ4v) is 3.70. The van der Waals surface area contributed by atoms with Crippen LogP contribution in [0.3, 0.4) is 0 Å². The molecule has 2 rings (SSSR count). The maximum Gasteiger partial charge on any atom is 0.337 e. The number of phenolic OH excluding ortho intramolecular Hbond substituents is 1. The van der Waals surface area contributed by atoms with Gasteiger partial charge in [0.2, 0.25) is 11.7 Å². The third-order valence-electron chi connectivity index (χ3n) is 6.03. The van der Waals surface area contributed by atoms with Crippen LogP contribution in [0, 0.1) is 0 Å². The maximum atomic E-state index is 12.8. The lowest BCUT2D eigenvalue weighted by Gasteiger charge is -2.20. The minimum absolute atomic E-state index is 0.104. The van der Waals surface area contributed by atoms with Crippen LogP contribution in [0.15, 0.2) is 59.7 Å². The molecular formula is C31H38N2O8. The Bertz CT molecular complexity index is 1310. The number of nitrogens with zero attached hydrogens (tertiary/aromatic N) is 1. The van der Waals surface area contributed by atoms with E-state index in [4.69, 9.17) is 14.2 Å². The number of likely N-dealkylation sites (N-methyl/N-ethyl adjacent to an activating group) is 1. The first-order valence-corrected chi connectivity index (χ1v) is 12.9. The molecule has 0 aromatic heterocycles. The van der Waals surface area contributed by atoms with Crippen LogP contribution in [0.25, 0.3) is 6.08 Å². The number of ether oxygens (including phenoxy) is 3. The average molecular weight is 567 g/mol. The van der Waals surface area contributed by atoms with Gasteiger partial charge in [-0.25, -0.2) is 4.79 Å². The Kier molecular flexibility index (Phi) is 12.6. The van der Waals surface area contributed by atoms with Crippen LogP contribution in [-0.4, -0.2) is 62.5 Å². The Hall–Kier alpha value is -4.57. The smallest absolute Gasteiger partial charge is 0.337 e. The summed E-state index contributed by atoms with van der Waals surface area (Å²) in [5.41, 5.74) is 3.24. The molecule has 2 amide bonds. The lowest BCUT2D eigenvalue weighted by atomic mass is 10.1. The summed E-state index contributed by atoms with van der Waals surface area (Å²) in [6.45, 7) is 6.12. The van der Waals surface area contributed by atoms with E-state index in [9.17, 15) is 24.6 Å². The van der Waals surface area contributed by atoms with E-state index in [1.54, 1.807) is 0 Å². The monoisotopic (exact) mass is 566 g/mol. The number of aromatic hydroxyl groups is 1. The molecule has 0 aliphatic rings. The lowest BCUT2D eigenvalue weighted by molar-refractivity contribution is -0.122. The molecule has 10 nitrogen and oxygen atoms in total. The Labute approximate surface area is 240 Å². The molecule has 0 heterocycles. The third kappa shape index (κ3) is 10.2. The Morgan fingerprint density at radius 3 is 2.24 bits per heavy atom. The molecule has 0 atom stereocenters. The van der Waals surface area contributed by atoms with Crippen molar-refractivity contribution in [1.29, 1.82) is 0 Å². The Balaban J connectivity index is 2.09. The van der Waals surface area contributed by atoms with Crippen molar-refractivity contribution < 1.29 is 38.8 Å². The van der Waals surface area contributed by atoms with Crippen molar-refractivity contribution >= 4 is 35.2 Å². The van der Waals surface area contributed by atoms with Gasteiger partial charge < -0.3 is 34.6 Å². The predicted molar refractivity (Wildman–Crippen MR) is 159 cm³/mol. The second-order valence-electron chi connectivity index (χ2n) is 9.47. The van der Waals surface area contributed by atoms with Gasteiger partial charge in [-0.05, 0) is 75.6 Å². The first-order chi connectivity index (χ1) is 19.5. The number of carbonyl (C=O) groups excluding carboxylic acids is 2. The zero-order valence-corrected chi connectivity index (χ0v) is 24.3. The minimum atomic E-state index is -1.22. The summed E-state index contributed by atoms with van der Waals surface area (Å²) in [6.07, 6.45) is 8.67. The Morgan fingerprint density at radius 2 is 1.66 bits per heavy atom. The summed E-state index contributed by atoms with van der Waals surface area (Å²) >= 11 is 0. The van der Waals surface area contributed by atoms with E-state index in [-0.39, 0.29) is 47.4 Å². The number of nitrogens with one attached hydrogen (secondary N) is 1. The molecule has 10 heteroatoms. The molecule has 0 fully saturated rings. The first kappa shape index (κ1) is 32.6. The molecular weight excluding hydrogens is 528 g/mol. The number of benzene rings is 2. The number of hydrogen-bond acceptors (Lipinski definition) is 7. The first-order valence-electron chi connectivity index (χ1n) is 12.9. The van der Waals surface area contributed by atoms with Gasteiger partial charge in [0.25, 0.3) is 5.91 Å². The van der Waals surface area contributed by atoms with Crippen LogP contribution in [0.1, 0.15) is 49.5 Å². The fourth-order valence-electron chi connectivity index (χ4n) is 3.70. The number of phenols is 1. The third-order valence-corrected chi connectivity index (χ3v) is 6.03. The van der Waals surface area contributed by atoms with Gasteiger partial charge in [-0.1, -0.05) is 23.3 Å². The Morgan fingerprint density at radius 1 is 1.00 bits per heavy atom. The van der Waals surface area contributed by atoms with E-state index in [1.165, 1.54) is 74.2 Å². The van der Waals surface area contributed by atoms with Crippen LogP contribution in [0.2, 0.25) is 0 Å². The summed E-state index contributed by atoms with van der Waals surface area (Å²) < 4.78 is 15.7. The predicted octanol–water partition coefficient (Wildman–Crippen LogP) is 5.43. The largest absolute Gasteiger partial charge is 0.502 e. The molecule has 2 aromatic carbocycles. The van der Waals surface area contributed by atoms with Crippen molar-refractivity contribution in [2.75, 3.05) is 44.7 Å². The zero-order valence-electron chi connectivity index (χ0n) is 24.3. The van der Waals surface area contributed by atoms with E-state index in [1.807, 2.05) is 13.0 Å². The molecule has 0 unspecified atom stereocenters. The zero-order chi connectivity index (χ0) is 30.5. The normalized spacial score (nSPS) is 11.2. The highest BCUT2D eigenvalue weighted by atomic mass is 16.5. The fraction of sp³-hybridized carbons (Fsp3) is 0.323. The second kappa shape index (κ2) is 15.9.